The van der Waals surface area contributed by atoms with Crippen LogP contribution >= 0.6 is 11.8 Å². The van der Waals surface area contributed by atoms with Gasteiger partial charge in [-0.05, 0) is 6.92 Å². The summed E-state index contributed by atoms with van der Waals surface area (Å²) in [5, 5.41) is -0.508. The number of hydrogen-bond acceptors (Lipinski definition) is 4. The molecule has 1 saturated heterocycles. The van der Waals surface area contributed by atoms with E-state index in [1.165, 1.54) is 0 Å². The van der Waals surface area contributed by atoms with Crippen molar-refractivity contribution in [3.05, 3.63) is 0 Å². The lowest BCUT2D eigenvalue weighted by Crippen LogP contribution is -2.53. The van der Waals surface area contributed by atoms with E-state index in [1.807, 2.05) is 6.92 Å². The molecule has 1 rings (SSSR count). The molecule has 94 valence electrons. The van der Waals surface area contributed by atoms with Crippen molar-refractivity contribution < 1.29 is 8.42 Å². The third-order valence-electron chi connectivity index (χ3n) is 2.52. The van der Waals surface area contributed by atoms with E-state index in [4.69, 9.17) is 5.73 Å². The number of hydrogen-bond donors (Lipinski definition) is 1. The van der Waals surface area contributed by atoms with Gasteiger partial charge in [0.15, 0.2) is 15.8 Å². The molecule has 0 aromatic carbocycles. The summed E-state index contributed by atoms with van der Waals surface area (Å²) in [5.74, 6) is 1.98. The molecule has 1 aliphatic heterocycles. The molecule has 5 nitrogen and oxygen atoms in total. The van der Waals surface area contributed by atoms with Crippen molar-refractivity contribution >= 4 is 27.6 Å². The quantitative estimate of drug-likeness (QED) is 0.580. The highest BCUT2D eigenvalue weighted by atomic mass is 32.2. The summed E-state index contributed by atoms with van der Waals surface area (Å²) in [6, 6.07) is 0. The monoisotopic (exact) mass is 265 g/mol. The molecular weight excluding hydrogens is 246 g/mol. The highest BCUT2D eigenvalue weighted by Crippen LogP contribution is 2.21. The highest BCUT2D eigenvalue weighted by molar-refractivity contribution is 8.01. The number of rotatable bonds is 3. The average molecular weight is 265 g/mol. The van der Waals surface area contributed by atoms with E-state index in [1.54, 1.807) is 23.6 Å². The normalized spacial score (nSPS) is 23.5. The Kier molecular flexibility index (Phi) is 4.91. The first-order valence-corrected chi connectivity index (χ1v) is 8.25. The third kappa shape index (κ3) is 3.04. The van der Waals surface area contributed by atoms with Crippen molar-refractivity contribution in [3.63, 3.8) is 0 Å². The first kappa shape index (κ1) is 13.6. The van der Waals surface area contributed by atoms with Crippen LogP contribution in [-0.2, 0) is 9.84 Å². The minimum atomic E-state index is -3.09. The van der Waals surface area contributed by atoms with E-state index in [-0.39, 0.29) is 5.75 Å². The van der Waals surface area contributed by atoms with Gasteiger partial charge in [0, 0.05) is 30.3 Å². The van der Waals surface area contributed by atoms with Crippen molar-refractivity contribution in [2.75, 3.05) is 30.3 Å². The van der Waals surface area contributed by atoms with E-state index in [0.29, 0.717) is 24.8 Å². The van der Waals surface area contributed by atoms with Crippen LogP contribution in [0, 0.1) is 0 Å². The van der Waals surface area contributed by atoms with Crippen molar-refractivity contribution in [1.82, 2.24) is 4.90 Å². The Hall–Kier alpha value is -0.430. The first-order valence-electron chi connectivity index (χ1n) is 5.38. The van der Waals surface area contributed by atoms with Gasteiger partial charge in [0.25, 0.3) is 0 Å². The lowest BCUT2D eigenvalue weighted by Gasteiger charge is -2.35. The molecule has 1 fully saturated rings. The maximum absolute atomic E-state index is 11.9. The standard InChI is InChI=1S/C9H19N3O2S2/c1-3-11-9(10)12-5-6-15-7-8(12)16(13,14)4-2/h8H,3-7H2,1-2H3,(H2,10,11). The Morgan fingerprint density at radius 3 is 2.81 bits per heavy atom. The summed E-state index contributed by atoms with van der Waals surface area (Å²) in [7, 11) is -3.09. The predicted molar refractivity (Wildman–Crippen MR) is 69.4 cm³/mol. The van der Waals surface area contributed by atoms with E-state index >= 15 is 0 Å². The molecule has 0 radical (unpaired) electrons. The van der Waals surface area contributed by atoms with Crippen LogP contribution in [0.4, 0.5) is 0 Å². The molecule has 0 bridgehead atoms. The van der Waals surface area contributed by atoms with Crippen LogP contribution in [0.15, 0.2) is 4.99 Å². The maximum Gasteiger partial charge on any atom is 0.192 e. The minimum Gasteiger partial charge on any atom is -0.370 e. The Balaban J connectivity index is 2.92. The lowest BCUT2D eigenvalue weighted by atomic mass is 10.5. The van der Waals surface area contributed by atoms with Gasteiger partial charge in [-0.25, -0.2) is 8.42 Å². The fourth-order valence-electron chi connectivity index (χ4n) is 1.59. The van der Waals surface area contributed by atoms with Gasteiger partial charge < -0.3 is 10.6 Å². The molecule has 2 N–H and O–H groups in total. The SMILES string of the molecule is CCN=C(N)N1CCSCC1S(=O)(=O)CC. The molecule has 0 aromatic heterocycles. The molecule has 1 unspecified atom stereocenters. The maximum atomic E-state index is 11.9. The molecule has 0 aliphatic carbocycles. The van der Waals surface area contributed by atoms with Gasteiger partial charge in [0.2, 0.25) is 0 Å². The second-order valence-corrected chi connectivity index (χ2v) is 7.10. The van der Waals surface area contributed by atoms with Gasteiger partial charge in [-0.3, -0.25) is 4.99 Å². The summed E-state index contributed by atoms with van der Waals surface area (Å²) < 4.78 is 23.8. The van der Waals surface area contributed by atoms with Crippen LogP contribution in [0.25, 0.3) is 0 Å². The van der Waals surface area contributed by atoms with Crippen LogP contribution in [-0.4, -0.2) is 55.0 Å². The molecule has 7 heteroatoms. The Labute approximate surface area is 101 Å². The zero-order valence-electron chi connectivity index (χ0n) is 9.72. The van der Waals surface area contributed by atoms with Gasteiger partial charge >= 0.3 is 0 Å². The van der Waals surface area contributed by atoms with Gasteiger partial charge in [0.05, 0.1) is 0 Å². The molecule has 0 saturated carbocycles. The van der Waals surface area contributed by atoms with Crippen molar-refractivity contribution in [3.8, 4) is 0 Å². The van der Waals surface area contributed by atoms with Crippen molar-refractivity contribution in [1.29, 1.82) is 0 Å². The van der Waals surface area contributed by atoms with Crippen LogP contribution < -0.4 is 5.73 Å². The molecule has 1 heterocycles. The number of nitrogens with zero attached hydrogens (tertiary/aromatic N) is 2. The molecule has 0 amide bonds. The second-order valence-electron chi connectivity index (χ2n) is 3.51. The molecule has 0 spiro atoms. The summed E-state index contributed by atoms with van der Waals surface area (Å²) in [6.07, 6.45) is 0. The molecule has 16 heavy (non-hydrogen) atoms. The number of guanidine groups is 1. The van der Waals surface area contributed by atoms with Crippen LogP contribution in [0.1, 0.15) is 13.8 Å². The zero-order chi connectivity index (χ0) is 12.2. The summed E-state index contributed by atoms with van der Waals surface area (Å²) in [5.41, 5.74) is 5.80. The first-order chi connectivity index (χ1) is 7.53. The molecule has 1 atom stereocenters. The van der Waals surface area contributed by atoms with E-state index < -0.39 is 15.2 Å². The largest absolute Gasteiger partial charge is 0.370 e. The molecule has 0 aromatic rings. The predicted octanol–water partition coefficient (Wildman–Crippen LogP) is 0.131. The van der Waals surface area contributed by atoms with Crippen LogP contribution in [0.2, 0.25) is 0 Å². The number of sulfone groups is 1. The highest BCUT2D eigenvalue weighted by Gasteiger charge is 2.33. The summed E-state index contributed by atoms with van der Waals surface area (Å²) in [6.45, 7) is 4.78. The van der Waals surface area contributed by atoms with Crippen molar-refractivity contribution in [2.45, 2.75) is 19.2 Å². The van der Waals surface area contributed by atoms with Crippen LogP contribution in [0.3, 0.4) is 0 Å². The van der Waals surface area contributed by atoms with Gasteiger partial charge in [-0.2, -0.15) is 11.8 Å². The number of aliphatic imine (C=N–C) groups is 1. The van der Waals surface area contributed by atoms with Crippen LogP contribution in [0.5, 0.6) is 0 Å². The summed E-state index contributed by atoms with van der Waals surface area (Å²) >= 11 is 1.65. The molecule has 1 aliphatic rings. The topological polar surface area (TPSA) is 75.8 Å². The van der Waals surface area contributed by atoms with E-state index in [0.717, 1.165) is 5.75 Å². The third-order valence-corrected chi connectivity index (χ3v) is 5.80. The van der Waals surface area contributed by atoms with Gasteiger partial charge in [-0.15, -0.1) is 0 Å². The smallest absolute Gasteiger partial charge is 0.192 e. The summed E-state index contributed by atoms with van der Waals surface area (Å²) in [4.78, 5) is 5.81. The van der Waals surface area contributed by atoms with Gasteiger partial charge in [0.1, 0.15) is 5.37 Å². The average Bonchev–Trinajstić information content (AvgIpc) is 2.29. The van der Waals surface area contributed by atoms with Crippen molar-refractivity contribution in [2.24, 2.45) is 10.7 Å². The minimum absolute atomic E-state index is 0.147. The van der Waals surface area contributed by atoms with E-state index in [9.17, 15) is 8.42 Å². The lowest BCUT2D eigenvalue weighted by molar-refractivity contribution is 0.404. The fourth-order valence-corrected chi connectivity index (χ4v) is 4.56. The fraction of sp³-hybridized carbons (Fsp3) is 0.889. The van der Waals surface area contributed by atoms with Gasteiger partial charge in [-0.1, -0.05) is 6.92 Å². The Bertz CT molecular complexity index is 354. The Morgan fingerprint density at radius 1 is 1.56 bits per heavy atom. The molecular formula is C9H19N3O2S2. The number of nitrogens with two attached hydrogens (primary N) is 1. The van der Waals surface area contributed by atoms with E-state index in [2.05, 4.69) is 4.99 Å². The Morgan fingerprint density at radius 2 is 2.25 bits per heavy atom. The number of thioether (sulfide) groups is 1. The second kappa shape index (κ2) is 5.77. The zero-order valence-corrected chi connectivity index (χ0v) is 11.4.